The highest BCUT2D eigenvalue weighted by Crippen LogP contribution is 2.44. The van der Waals surface area contributed by atoms with Gasteiger partial charge in [0.1, 0.15) is 0 Å². The van der Waals surface area contributed by atoms with Gasteiger partial charge in [-0.3, -0.25) is 0 Å². The quantitative estimate of drug-likeness (QED) is 0.867. The van der Waals surface area contributed by atoms with Crippen molar-refractivity contribution >= 4 is 21.6 Å². The molecule has 1 aliphatic rings. The molecule has 0 saturated heterocycles. The Morgan fingerprint density at radius 1 is 1.29 bits per heavy atom. The monoisotopic (exact) mass is 255 g/mol. The molecule has 0 amide bonds. The van der Waals surface area contributed by atoms with Crippen LogP contribution in [0.2, 0.25) is 0 Å². The summed E-state index contributed by atoms with van der Waals surface area (Å²) in [6.45, 7) is 1.18. The summed E-state index contributed by atoms with van der Waals surface area (Å²) in [4.78, 5) is 0. The van der Waals surface area contributed by atoms with Crippen LogP contribution in [-0.4, -0.2) is 18.3 Å². The van der Waals surface area contributed by atoms with Gasteiger partial charge in [0, 0.05) is 22.1 Å². The summed E-state index contributed by atoms with van der Waals surface area (Å²) in [5, 5.41) is 12.5. The fraction of sp³-hybridized carbons (Fsp3) is 0.455. The normalized spacial score (nSPS) is 17.9. The Morgan fingerprint density at radius 2 is 1.93 bits per heavy atom. The molecule has 2 rings (SSSR count). The van der Waals surface area contributed by atoms with Crippen molar-refractivity contribution in [3.63, 3.8) is 0 Å². The van der Waals surface area contributed by atoms with E-state index in [2.05, 4.69) is 21.2 Å². The minimum atomic E-state index is 0.174. The molecule has 0 bridgehead atoms. The molecule has 0 heterocycles. The van der Waals surface area contributed by atoms with E-state index in [1.54, 1.807) is 0 Å². The van der Waals surface area contributed by atoms with Crippen LogP contribution in [0.15, 0.2) is 28.7 Å². The average Bonchev–Trinajstić information content (AvgIpc) is 2.98. The van der Waals surface area contributed by atoms with E-state index in [4.69, 9.17) is 5.11 Å². The van der Waals surface area contributed by atoms with Crippen molar-refractivity contribution in [2.24, 2.45) is 5.41 Å². The van der Waals surface area contributed by atoms with Crippen LogP contribution in [0.25, 0.3) is 0 Å². The van der Waals surface area contributed by atoms with Crippen molar-refractivity contribution in [3.8, 4) is 0 Å². The summed E-state index contributed by atoms with van der Waals surface area (Å²) in [6.07, 6.45) is 2.29. The molecular weight excluding hydrogens is 242 g/mol. The maximum Gasteiger partial charge on any atom is 0.0504 e. The van der Waals surface area contributed by atoms with Crippen LogP contribution in [-0.2, 0) is 0 Å². The van der Waals surface area contributed by atoms with Gasteiger partial charge >= 0.3 is 0 Å². The zero-order valence-corrected chi connectivity index (χ0v) is 9.55. The molecule has 0 aromatic heterocycles. The lowest BCUT2D eigenvalue weighted by Crippen LogP contribution is -2.18. The van der Waals surface area contributed by atoms with Gasteiger partial charge in [-0.25, -0.2) is 0 Å². The van der Waals surface area contributed by atoms with Gasteiger partial charge in [-0.2, -0.15) is 0 Å². The van der Waals surface area contributed by atoms with Crippen LogP contribution in [0, 0.1) is 5.41 Å². The molecule has 0 radical (unpaired) electrons. The van der Waals surface area contributed by atoms with Crippen molar-refractivity contribution in [2.75, 3.05) is 18.5 Å². The van der Waals surface area contributed by atoms with E-state index in [0.717, 1.165) is 29.5 Å². The SMILES string of the molecule is OCC1(CNc2ccc(Br)cc2)CC1. The Morgan fingerprint density at radius 3 is 2.43 bits per heavy atom. The molecule has 1 aromatic rings. The summed E-state index contributed by atoms with van der Waals surface area (Å²) in [6, 6.07) is 8.11. The first-order chi connectivity index (χ1) is 6.74. The second-order valence-electron chi connectivity index (χ2n) is 4.02. The zero-order chi connectivity index (χ0) is 10.0. The number of nitrogens with one attached hydrogen (secondary N) is 1. The summed E-state index contributed by atoms with van der Waals surface area (Å²) in [7, 11) is 0. The largest absolute Gasteiger partial charge is 0.396 e. The third-order valence-corrected chi connectivity index (χ3v) is 3.33. The molecule has 0 aliphatic heterocycles. The predicted octanol–water partition coefficient (Wildman–Crippen LogP) is 2.63. The maximum absolute atomic E-state index is 9.13. The fourth-order valence-electron chi connectivity index (χ4n) is 1.42. The lowest BCUT2D eigenvalue weighted by molar-refractivity contribution is 0.220. The van der Waals surface area contributed by atoms with Crippen molar-refractivity contribution in [1.82, 2.24) is 0 Å². The van der Waals surface area contributed by atoms with Crippen molar-refractivity contribution < 1.29 is 5.11 Å². The summed E-state index contributed by atoms with van der Waals surface area (Å²) < 4.78 is 1.09. The lowest BCUT2D eigenvalue weighted by atomic mass is 10.1. The van der Waals surface area contributed by atoms with Crippen LogP contribution in [0.1, 0.15) is 12.8 Å². The molecule has 2 N–H and O–H groups in total. The van der Waals surface area contributed by atoms with Crippen molar-refractivity contribution in [3.05, 3.63) is 28.7 Å². The second kappa shape index (κ2) is 3.91. The molecule has 1 aromatic carbocycles. The van der Waals surface area contributed by atoms with Crippen LogP contribution in [0.4, 0.5) is 5.69 Å². The minimum Gasteiger partial charge on any atom is -0.396 e. The number of anilines is 1. The first-order valence-corrected chi connectivity index (χ1v) is 5.64. The Bertz CT molecular complexity index is 306. The summed E-state index contributed by atoms with van der Waals surface area (Å²) in [5.74, 6) is 0. The van der Waals surface area contributed by atoms with Gasteiger partial charge in [0.05, 0.1) is 6.61 Å². The highest BCUT2D eigenvalue weighted by Gasteiger charge is 2.41. The van der Waals surface area contributed by atoms with Crippen LogP contribution < -0.4 is 5.32 Å². The maximum atomic E-state index is 9.13. The average molecular weight is 256 g/mol. The van der Waals surface area contributed by atoms with Gasteiger partial charge in [0.2, 0.25) is 0 Å². The topological polar surface area (TPSA) is 32.3 Å². The molecule has 1 saturated carbocycles. The number of aliphatic hydroxyl groups excluding tert-OH is 1. The van der Waals surface area contributed by atoms with Crippen molar-refractivity contribution in [1.29, 1.82) is 0 Å². The molecule has 0 spiro atoms. The number of halogens is 1. The van der Waals surface area contributed by atoms with Crippen LogP contribution in [0.3, 0.4) is 0 Å². The van der Waals surface area contributed by atoms with Gasteiger partial charge < -0.3 is 10.4 Å². The first-order valence-electron chi connectivity index (χ1n) is 4.84. The number of benzene rings is 1. The molecule has 2 nitrogen and oxygen atoms in total. The van der Waals surface area contributed by atoms with E-state index < -0.39 is 0 Å². The predicted molar refractivity (Wildman–Crippen MR) is 61.4 cm³/mol. The number of hydrogen-bond donors (Lipinski definition) is 2. The molecule has 0 atom stereocenters. The third-order valence-electron chi connectivity index (χ3n) is 2.80. The first kappa shape index (κ1) is 9.99. The number of hydrogen-bond acceptors (Lipinski definition) is 2. The van der Waals surface area contributed by atoms with E-state index in [1.165, 1.54) is 0 Å². The molecule has 3 heteroatoms. The lowest BCUT2D eigenvalue weighted by Gasteiger charge is -2.13. The Balaban J connectivity index is 1.89. The zero-order valence-electron chi connectivity index (χ0n) is 7.96. The number of rotatable bonds is 4. The van der Waals surface area contributed by atoms with Crippen molar-refractivity contribution in [2.45, 2.75) is 12.8 Å². The van der Waals surface area contributed by atoms with Gasteiger partial charge in [-0.05, 0) is 37.1 Å². The standard InChI is InChI=1S/C11H14BrNO/c12-9-1-3-10(4-2-9)13-7-11(8-14)5-6-11/h1-4,13-14H,5-8H2. The summed E-state index contributed by atoms with van der Waals surface area (Å²) >= 11 is 3.39. The van der Waals surface area contributed by atoms with Crippen LogP contribution >= 0.6 is 15.9 Å². The molecule has 14 heavy (non-hydrogen) atoms. The number of aliphatic hydroxyl groups is 1. The van der Waals surface area contributed by atoms with Gasteiger partial charge in [-0.1, -0.05) is 15.9 Å². The molecule has 1 fully saturated rings. The van der Waals surface area contributed by atoms with Gasteiger partial charge in [0.15, 0.2) is 0 Å². The van der Waals surface area contributed by atoms with Crippen LogP contribution in [0.5, 0.6) is 0 Å². The van der Waals surface area contributed by atoms with E-state index in [1.807, 2.05) is 24.3 Å². The fourth-order valence-corrected chi connectivity index (χ4v) is 1.69. The van der Waals surface area contributed by atoms with Gasteiger partial charge in [-0.15, -0.1) is 0 Å². The third kappa shape index (κ3) is 2.28. The van der Waals surface area contributed by atoms with E-state index in [-0.39, 0.29) is 5.41 Å². The molecule has 0 unspecified atom stereocenters. The highest BCUT2D eigenvalue weighted by atomic mass is 79.9. The van der Waals surface area contributed by atoms with E-state index >= 15 is 0 Å². The van der Waals surface area contributed by atoms with E-state index in [9.17, 15) is 0 Å². The highest BCUT2D eigenvalue weighted by molar-refractivity contribution is 9.10. The Labute approximate surface area is 92.5 Å². The smallest absolute Gasteiger partial charge is 0.0504 e. The molecular formula is C11H14BrNO. The minimum absolute atomic E-state index is 0.174. The molecule has 1 aliphatic carbocycles. The van der Waals surface area contributed by atoms with Gasteiger partial charge in [0.25, 0.3) is 0 Å². The van der Waals surface area contributed by atoms with E-state index in [0.29, 0.717) is 6.61 Å². The second-order valence-corrected chi connectivity index (χ2v) is 4.93. The Hall–Kier alpha value is -0.540. The summed E-state index contributed by atoms with van der Waals surface area (Å²) in [5.41, 5.74) is 1.29. The molecule has 76 valence electrons. The Kier molecular flexibility index (Phi) is 2.79.